The fraction of sp³-hybridized carbons (Fsp3) is 0.222. The largest absolute Gasteiger partial charge is 0.493 e. The molecule has 25 heavy (non-hydrogen) atoms. The van der Waals surface area contributed by atoms with Crippen LogP contribution in [0.1, 0.15) is 16.1 Å². The number of aromatic nitrogens is 2. The van der Waals surface area contributed by atoms with E-state index in [4.69, 9.17) is 9.47 Å². The normalized spacial score (nSPS) is 10.5. The van der Waals surface area contributed by atoms with Gasteiger partial charge in [0.2, 0.25) is 0 Å². The van der Waals surface area contributed by atoms with Crippen LogP contribution in [0.5, 0.6) is 11.5 Å². The smallest absolute Gasteiger partial charge is 0.271 e. The molecule has 0 spiro atoms. The number of carbonyl (C=O) groups is 1. The molecule has 0 atom stereocenters. The van der Waals surface area contributed by atoms with E-state index in [-0.39, 0.29) is 5.91 Å². The number of H-pyrrole nitrogens is 1. The van der Waals surface area contributed by atoms with E-state index in [1.165, 1.54) is 0 Å². The molecule has 0 unspecified atom stereocenters. The van der Waals surface area contributed by atoms with Gasteiger partial charge in [-0.1, -0.05) is 12.1 Å². The zero-order valence-electron chi connectivity index (χ0n) is 14.0. The Balaban J connectivity index is 1.56. The molecule has 0 aliphatic heterocycles. The van der Waals surface area contributed by atoms with E-state index in [9.17, 15) is 4.79 Å². The number of ether oxygens (including phenoxy) is 2. The molecule has 2 aromatic heterocycles. The number of methoxy groups -OCH3 is 2. The minimum absolute atomic E-state index is 0.195. The van der Waals surface area contributed by atoms with Gasteiger partial charge < -0.3 is 14.8 Å². The van der Waals surface area contributed by atoms with Crippen LogP contribution in [0, 0.1) is 0 Å². The average molecular weight is 357 g/mol. The summed E-state index contributed by atoms with van der Waals surface area (Å²) in [5.41, 5.74) is 2.29. The van der Waals surface area contributed by atoms with E-state index in [1.54, 1.807) is 31.6 Å². The molecular formula is C18H19N3O3S. The monoisotopic (exact) mass is 357 g/mol. The highest BCUT2D eigenvalue weighted by Gasteiger charge is 2.12. The first kappa shape index (κ1) is 17.0. The second-order valence-corrected chi connectivity index (χ2v) is 6.29. The SMILES string of the molecule is COc1ccc(CCNC(=O)c2cc(-c3cccs3)[nH]n2)cc1OC. The van der Waals surface area contributed by atoms with Gasteiger partial charge in [-0.2, -0.15) is 5.10 Å². The van der Waals surface area contributed by atoms with E-state index in [0.717, 1.165) is 16.1 Å². The van der Waals surface area contributed by atoms with Crippen LogP contribution in [0.3, 0.4) is 0 Å². The molecule has 0 fully saturated rings. The Kier molecular flexibility index (Phi) is 5.35. The van der Waals surface area contributed by atoms with Crippen LogP contribution in [0.4, 0.5) is 0 Å². The molecule has 1 aromatic carbocycles. The first-order chi connectivity index (χ1) is 12.2. The number of hydrogen-bond acceptors (Lipinski definition) is 5. The minimum Gasteiger partial charge on any atom is -0.493 e. The fourth-order valence-corrected chi connectivity index (χ4v) is 3.14. The maximum atomic E-state index is 12.2. The molecular weight excluding hydrogens is 338 g/mol. The topological polar surface area (TPSA) is 76.2 Å². The van der Waals surface area contributed by atoms with E-state index in [2.05, 4.69) is 15.5 Å². The van der Waals surface area contributed by atoms with Crippen LogP contribution in [0.25, 0.3) is 10.6 Å². The lowest BCUT2D eigenvalue weighted by Gasteiger charge is -2.09. The summed E-state index contributed by atoms with van der Waals surface area (Å²) in [6.07, 6.45) is 0.689. The fourth-order valence-electron chi connectivity index (χ4n) is 2.44. The molecule has 3 aromatic rings. The molecule has 7 heteroatoms. The van der Waals surface area contributed by atoms with Gasteiger partial charge in [-0.25, -0.2) is 0 Å². The summed E-state index contributed by atoms with van der Waals surface area (Å²) in [5.74, 6) is 1.17. The van der Waals surface area contributed by atoms with Crippen LogP contribution in [0.15, 0.2) is 41.8 Å². The maximum Gasteiger partial charge on any atom is 0.271 e. The number of aromatic amines is 1. The Hall–Kier alpha value is -2.80. The summed E-state index contributed by atoms with van der Waals surface area (Å²) in [5, 5.41) is 11.8. The molecule has 6 nitrogen and oxygen atoms in total. The maximum absolute atomic E-state index is 12.2. The second-order valence-electron chi connectivity index (χ2n) is 5.34. The van der Waals surface area contributed by atoms with Crippen molar-refractivity contribution < 1.29 is 14.3 Å². The molecule has 1 amide bonds. The summed E-state index contributed by atoms with van der Waals surface area (Å²) >= 11 is 1.60. The Bertz CT molecular complexity index is 843. The van der Waals surface area contributed by atoms with Crippen molar-refractivity contribution in [2.45, 2.75) is 6.42 Å². The van der Waals surface area contributed by atoms with Crippen LogP contribution in [0.2, 0.25) is 0 Å². The van der Waals surface area contributed by atoms with Gasteiger partial charge in [0.15, 0.2) is 17.2 Å². The average Bonchev–Trinajstić information content (AvgIpc) is 3.32. The Morgan fingerprint density at radius 1 is 1.20 bits per heavy atom. The summed E-state index contributed by atoms with van der Waals surface area (Å²) in [4.78, 5) is 13.3. The predicted molar refractivity (Wildman–Crippen MR) is 97.5 cm³/mol. The molecule has 0 saturated heterocycles. The van der Waals surface area contributed by atoms with Gasteiger partial charge in [-0.3, -0.25) is 9.89 Å². The standard InChI is InChI=1S/C18H19N3O3S/c1-23-15-6-5-12(10-16(15)24-2)7-8-19-18(22)14-11-13(20-21-14)17-4-3-9-25-17/h3-6,9-11H,7-8H2,1-2H3,(H,19,22)(H,20,21). The van der Waals surface area contributed by atoms with Crippen molar-refractivity contribution in [2.24, 2.45) is 0 Å². The van der Waals surface area contributed by atoms with E-state index < -0.39 is 0 Å². The Labute approximate surface area is 149 Å². The highest BCUT2D eigenvalue weighted by Crippen LogP contribution is 2.27. The van der Waals surface area contributed by atoms with Crippen LogP contribution in [-0.2, 0) is 6.42 Å². The third-order valence-electron chi connectivity index (χ3n) is 3.74. The van der Waals surface area contributed by atoms with Gasteiger partial charge in [0.25, 0.3) is 5.91 Å². The lowest BCUT2D eigenvalue weighted by atomic mass is 10.1. The van der Waals surface area contributed by atoms with E-state index in [1.807, 2.05) is 35.7 Å². The molecule has 0 bridgehead atoms. The summed E-state index contributed by atoms with van der Waals surface area (Å²) in [7, 11) is 3.21. The molecule has 0 aliphatic rings. The zero-order chi connectivity index (χ0) is 17.6. The van der Waals surface area contributed by atoms with Gasteiger partial charge in [0.05, 0.1) is 24.8 Å². The first-order valence-corrected chi connectivity index (χ1v) is 8.67. The predicted octanol–water partition coefficient (Wildman–Crippen LogP) is 3.13. The van der Waals surface area contributed by atoms with Gasteiger partial charge in [-0.05, 0) is 41.6 Å². The minimum atomic E-state index is -0.195. The van der Waals surface area contributed by atoms with Gasteiger partial charge >= 0.3 is 0 Å². The van der Waals surface area contributed by atoms with Crippen molar-refractivity contribution in [3.05, 3.63) is 53.0 Å². The quantitative estimate of drug-likeness (QED) is 0.681. The molecule has 130 valence electrons. The number of thiophene rings is 1. The zero-order valence-corrected chi connectivity index (χ0v) is 14.9. The van der Waals surface area contributed by atoms with Gasteiger partial charge in [0, 0.05) is 6.54 Å². The Morgan fingerprint density at radius 3 is 2.76 bits per heavy atom. The number of nitrogens with one attached hydrogen (secondary N) is 2. The van der Waals surface area contributed by atoms with Crippen molar-refractivity contribution in [1.29, 1.82) is 0 Å². The second kappa shape index (κ2) is 7.85. The third-order valence-corrected chi connectivity index (χ3v) is 4.65. The van der Waals surface area contributed by atoms with Crippen molar-refractivity contribution >= 4 is 17.2 Å². The van der Waals surface area contributed by atoms with Crippen LogP contribution in [-0.4, -0.2) is 36.9 Å². The number of nitrogens with zero attached hydrogens (tertiary/aromatic N) is 1. The molecule has 0 radical (unpaired) electrons. The molecule has 0 aliphatic carbocycles. The van der Waals surface area contributed by atoms with E-state index >= 15 is 0 Å². The first-order valence-electron chi connectivity index (χ1n) is 7.79. The lowest BCUT2D eigenvalue weighted by Crippen LogP contribution is -2.26. The van der Waals surface area contributed by atoms with Crippen molar-refractivity contribution in [3.63, 3.8) is 0 Å². The molecule has 0 saturated carbocycles. The third kappa shape index (κ3) is 4.00. The molecule has 2 heterocycles. The number of benzene rings is 1. The van der Waals surface area contributed by atoms with E-state index in [0.29, 0.717) is 30.2 Å². The number of carbonyl (C=O) groups excluding carboxylic acids is 1. The highest BCUT2D eigenvalue weighted by atomic mass is 32.1. The molecule has 3 rings (SSSR count). The Morgan fingerprint density at radius 2 is 2.04 bits per heavy atom. The van der Waals surface area contributed by atoms with Gasteiger partial charge in [-0.15, -0.1) is 11.3 Å². The number of hydrogen-bond donors (Lipinski definition) is 2. The summed E-state index contributed by atoms with van der Waals surface area (Å²) in [6, 6.07) is 11.4. The number of rotatable bonds is 7. The lowest BCUT2D eigenvalue weighted by molar-refractivity contribution is 0.0949. The summed E-state index contributed by atoms with van der Waals surface area (Å²) < 4.78 is 10.5. The van der Waals surface area contributed by atoms with Crippen molar-refractivity contribution in [3.8, 4) is 22.1 Å². The number of amides is 1. The van der Waals surface area contributed by atoms with Crippen LogP contribution >= 0.6 is 11.3 Å². The van der Waals surface area contributed by atoms with Gasteiger partial charge in [0.1, 0.15) is 0 Å². The highest BCUT2D eigenvalue weighted by molar-refractivity contribution is 7.13. The summed E-state index contributed by atoms with van der Waals surface area (Å²) in [6.45, 7) is 0.509. The van der Waals surface area contributed by atoms with Crippen LogP contribution < -0.4 is 14.8 Å². The van der Waals surface area contributed by atoms with Crippen molar-refractivity contribution in [1.82, 2.24) is 15.5 Å². The van der Waals surface area contributed by atoms with Crippen molar-refractivity contribution in [2.75, 3.05) is 20.8 Å². The molecule has 2 N–H and O–H groups in total.